The van der Waals surface area contributed by atoms with E-state index in [0.29, 0.717) is 26.1 Å². The minimum atomic E-state index is 0.162. The zero-order valence-electron chi connectivity index (χ0n) is 10.6. The van der Waals surface area contributed by atoms with Crippen molar-refractivity contribution < 1.29 is 9.53 Å². The Kier molecular flexibility index (Phi) is 6.25. The summed E-state index contributed by atoms with van der Waals surface area (Å²) in [6.45, 7) is 3.74. The number of nitrogens with zero attached hydrogens (tertiary/aromatic N) is 2. The molecule has 0 spiro atoms. The molecule has 1 heterocycles. The van der Waals surface area contributed by atoms with Crippen molar-refractivity contribution in [1.29, 1.82) is 0 Å². The van der Waals surface area contributed by atoms with E-state index < -0.39 is 0 Å². The Morgan fingerprint density at radius 2 is 2.29 bits per heavy atom. The zero-order chi connectivity index (χ0) is 12.5. The quantitative estimate of drug-likeness (QED) is 0.725. The first kappa shape index (κ1) is 13.6. The van der Waals surface area contributed by atoms with Gasteiger partial charge >= 0.3 is 0 Å². The van der Waals surface area contributed by atoms with Crippen LogP contribution in [-0.4, -0.2) is 36.1 Å². The van der Waals surface area contributed by atoms with Crippen LogP contribution in [0.2, 0.25) is 0 Å². The minimum absolute atomic E-state index is 0.162. The van der Waals surface area contributed by atoms with Crippen LogP contribution in [-0.2, 0) is 16.1 Å². The number of pyridine rings is 1. The fraction of sp³-hybridized carbons (Fsp3) is 0.538. The van der Waals surface area contributed by atoms with Crippen molar-refractivity contribution in [2.45, 2.75) is 26.3 Å². The van der Waals surface area contributed by atoms with Crippen molar-refractivity contribution in [3.63, 3.8) is 0 Å². The Morgan fingerprint density at radius 3 is 2.88 bits per heavy atom. The highest BCUT2D eigenvalue weighted by atomic mass is 16.5. The Hall–Kier alpha value is -1.42. The molecule has 1 aromatic heterocycles. The molecule has 0 aromatic carbocycles. The molecule has 17 heavy (non-hydrogen) atoms. The third-order valence-corrected chi connectivity index (χ3v) is 2.46. The van der Waals surface area contributed by atoms with Crippen molar-refractivity contribution in [3.8, 4) is 0 Å². The molecule has 0 aliphatic carbocycles. The highest BCUT2D eigenvalue weighted by Crippen LogP contribution is 2.04. The number of amides is 1. The molecule has 0 unspecified atom stereocenters. The third kappa shape index (κ3) is 4.95. The molecule has 1 amide bonds. The molecule has 0 atom stereocenters. The van der Waals surface area contributed by atoms with Gasteiger partial charge in [0, 0.05) is 26.3 Å². The molecular weight excluding hydrogens is 216 g/mol. The topological polar surface area (TPSA) is 42.4 Å². The third-order valence-electron chi connectivity index (χ3n) is 2.46. The summed E-state index contributed by atoms with van der Waals surface area (Å²) in [6, 6.07) is 5.73. The molecule has 4 heteroatoms. The van der Waals surface area contributed by atoms with E-state index in [-0.39, 0.29) is 5.91 Å². The molecule has 0 aliphatic rings. The van der Waals surface area contributed by atoms with E-state index in [4.69, 9.17) is 4.74 Å². The number of carbonyl (C=O) groups is 1. The first-order valence-electron chi connectivity index (χ1n) is 5.94. The number of methoxy groups -OCH3 is 1. The molecular formula is C13H20N2O2. The van der Waals surface area contributed by atoms with Crippen LogP contribution in [0.15, 0.2) is 24.4 Å². The smallest absolute Gasteiger partial charge is 0.222 e. The van der Waals surface area contributed by atoms with E-state index in [0.717, 1.165) is 12.1 Å². The first-order chi connectivity index (χ1) is 8.27. The molecule has 0 fully saturated rings. The lowest BCUT2D eigenvalue weighted by molar-refractivity contribution is -0.132. The van der Waals surface area contributed by atoms with Gasteiger partial charge in [0.05, 0.1) is 18.8 Å². The van der Waals surface area contributed by atoms with Crippen LogP contribution in [0.25, 0.3) is 0 Å². The largest absolute Gasteiger partial charge is 0.383 e. The van der Waals surface area contributed by atoms with Gasteiger partial charge in [-0.05, 0) is 18.6 Å². The second-order valence-corrected chi connectivity index (χ2v) is 3.88. The van der Waals surface area contributed by atoms with Crippen molar-refractivity contribution >= 4 is 5.91 Å². The SMILES string of the molecule is CCCC(=O)N(CCOC)Cc1ccccn1. The van der Waals surface area contributed by atoms with Gasteiger partial charge in [-0.1, -0.05) is 13.0 Å². The number of carbonyl (C=O) groups excluding carboxylic acids is 1. The first-order valence-corrected chi connectivity index (χ1v) is 5.94. The van der Waals surface area contributed by atoms with Gasteiger partial charge in [0.25, 0.3) is 0 Å². The Labute approximate surface area is 103 Å². The van der Waals surface area contributed by atoms with E-state index >= 15 is 0 Å². The van der Waals surface area contributed by atoms with Crippen LogP contribution >= 0.6 is 0 Å². The molecule has 94 valence electrons. The van der Waals surface area contributed by atoms with Crippen LogP contribution in [0.1, 0.15) is 25.5 Å². The average Bonchev–Trinajstić information content (AvgIpc) is 2.36. The zero-order valence-corrected chi connectivity index (χ0v) is 10.6. The molecule has 0 aliphatic heterocycles. The molecule has 0 saturated carbocycles. The maximum atomic E-state index is 11.9. The van der Waals surface area contributed by atoms with E-state index in [2.05, 4.69) is 4.98 Å². The van der Waals surface area contributed by atoms with Gasteiger partial charge in [-0.25, -0.2) is 0 Å². The van der Waals surface area contributed by atoms with Crippen molar-refractivity contribution in [2.75, 3.05) is 20.3 Å². The van der Waals surface area contributed by atoms with Crippen molar-refractivity contribution in [1.82, 2.24) is 9.88 Å². The molecule has 1 aromatic rings. The van der Waals surface area contributed by atoms with E-state index in [1.165, 1.54) is 0 Å². The molecule has 4 nitrogen and oxygen atoms in total. The van der Waals surface area contributed by atoms with Gasteiger partial charge in [0.15, 0.2) is 0 Å². The maximum Gasteiger partial charge on any atom is 0.222 e. The van der Waals surface area contributed by atoms with E-state index in [1.807, 2.05) is 25.1 Å². The lowest BCUT2D eigenvalue weighted by atomic mass is 10.2. The minimum Gasteiger partial charge on any atom is -0.383 e. The summed E-state index contributed by atoms with van der Waals surface area (Å²) in [5.74, 6) is 0.162. The molecule has 1 rings (SSSR count). The van der Waals surface area contributed by atoms with Crippen LogP contribution in [0.4, 0.5) is 0 Å². The van der Waals surface area contributed by atoms with Gasteiger partial charge in [0.2, 0.25) is 5.91 Å². The average molecular weight is 236 g/mol. The Morgan fingerprint density at radius 1 is 1.47 bits per heavy atom. The van der Waals surface area contributed by atoms with Crippen molar-refractivity contribution in [2.24, 2.45) is 0 Å². The Bertz CT molecular complexity index is 327. The van der Waals surface area contributed by atoms with E-state index in [1.54, 1.807) is 18.2 Å². The number of hydrogen-bond donors (Lipinski definition) is 0. The lowest BCUT2D eigenvalue weighted by Gasteiger charge is -2.21. The molecule has 0 N–H and O–H groups in total. The molecule has 0 radical (unpaired) electrons. The fourth-order valence-electron chi connectivity index (χ4n) is 1.55. The monoisotopic (exact) mass is 236 g/mol. The lowest BCUT2D eigenvalue weighted by Crippen LogP contribution is -2.33. The maximum absolute atomic E-state index is 11.9. The van der Waals surface area contributed by atoms with Crippen molar-refractivity contribution in [3.05, 3.63) is 30.1 Å². The van der Waals surface area contributed by atoms with Gasteiger partial charge in [-0.3, -0.25) is 9.78 Å². The number of aromatic nitrogens is 1. The predicted molar refractivity (Wildman–Crippen MR) is 66.4 cm³/mol. The number of rotatable bonds is 7. The second-order valence-electron chi connectivity index (χ2n) is 3.88. The van der Waals surface area contributed by atoms with Crippen LogP contribution < -0.4 is 0 Å². The van der Waals surface area contributed by atoms with Gasteiger partial charge < -0.3 is 9.64 Å². The summed E-state index contributed by atoms with van der Waals surface area (Å²) in [4.78, 5) is 17.9. The number of ether oxygens (including phenoxy) is 1. The molecule has 0 saturated heterocycles. The fourth-order valence-corrected chi connectivity index (χ4v) is 1.55. The normalized spacial score (nSPS) is 10.2. The Balaban J connectivity index is 2.59. The van der Waals surface area contributed by atoms with Crippen LogP contribution in [0.5, 0.6) is 0 Å². The highest BCUT2D eigenvalue weighted by molar-refractivity contribution is 5.76. The highest BCUT2D eigenvalue weighted by Gasteiger charge is 2.12. The summed E-state index contributed by atoms with van der Waals surface area (Å²) < 4.78 is 5.02. The number of hydrogen-bond acceptors (Lipinski definition) is 3. The second kappa shape index (κ2) is 7.79. The summed E-state index contributed by atoms with van der Waals surface area (Å²) in [6.07, 6.45) is 3.19. The van der Waals surface area contributed by atoms with Crippen LogP contribution in [0.3, 0.4) is 0 Å². The predicted octanol–water partition coefficient (Wildman–Crippen LogP) is 1.86. The van der Waals surface area contributed by atoms with Crippen LogP contribution in [0, 0.1) is 0 Å². The summed E-state index contributed by atoms with van der Waals surface area (Å²) >= 11 is 0. The summed E-state index contributed by atoms with van der Waals surface area (Å²) in [5, 5.41) is 0. The summed E-state index contributed by atoms with van der Waals surface area (Å²) in [7, 11) is 1.64. The van der Waals surface area contributed by atoms with E-state index in [9.17, 15) is 4.79 Å². The van der Waals surface area contributed by atoms with Gasteiger partial charge in [-0.15, -0.1) is 0 Å². The standard InChI is InChI=1S/C13H20N2O2/c1-3-6-13(16)15(9-10-17-2)11-12-7-4-5-8-14-12/h4-5,7-8H,3,6,9-11H2,1-2H3. The molecule has 0 bridgehead atoms. The summed E-state index contributed by atoms with van der Waals surface area (Å²) in [5.41, 5.74) is 0.910. The van der Waals surface area contributed by atoms with Gasteiger partial charge in [-0.2, -0.15) is 0 Å². The van der Waals surface area contributed by atoms with Gasteiger partial charge in [0.1, 0.15) is 0 Å².